The van der Waals surface area contributed by atoms with E-state index in [1.807, 2.05) is 19.1 Å². The van der Waals surface area contributed by atoms with Gasteiger partial charge < -0.3 is 10.8 Å². The van der Waals surface area contributed by atoms with Crippen molar-refractivity contribution in [2.24, 2.45) is 5.73 Å². The number of anilines is 1. The van der Waals surface area contributed by atoms with E-state index in [2.05, 4.69) is 0 Å². The molecule has 0 fully saturated rings. The molecule has 0 heterocycles. The molecule has 0 bridgehead atoms. The number of carbonyl (C=O) groups excluding carboxylic acids is 1. The van der Waals surface area contributed by atoms with Gasteiger partial charge in [0.25, 0.3) is 0 Å². The summed E-state index contributed by atoms with van der Waals surface area (Å²) in [5.41, 5.74) is 6.20. The van der Waals surface area contributed by atoms with Gasteiger partial charge >= 0.3 is 5.97 Å². The van der Waals surface area contributed by atoms with Gasteiger partial charge in [0.05, 0.1) is 5.54 Å². The summed E-state index contributed by atoms with van der Waals surface area (Å²) in [6.45, 7) is 4.62. The van der Waals surface area contributed by atoms with E-state index < -0.39 is 24.0 Å². The summed E-state index contributed by atoms with van der Waals surface area (Å²) in [5.74, 6) is -1.50. The molecule has 5 nitrogen and oxygen atoms in total. The number of aliphatic carboxylic acids is 1. The van der Waals surface area contributed by atoms with Crippen LogP contribution in [0.25, 0.3) is 0 Å². The Morgan fingerprint density at radius 1 is 1.28 bits per heavy atom. The van der Waals surface area contributed by atoms with Gasteiger partial charge in [0.15, 0.2) is 0 Å². The molecule has 5 heteroatoms. The van der Waals surface area contributed by atoms with Crippen molar-refractivity contribution in [2.45, 2.75) is 26.3 Å². The third-order valence-electron chi connectivity index (χ3n) is 2.44. The number of carbonyl (C=O) groups is 2. The first-order valence-electron chi connectivity index (χ1n) is 5.61. The van der Waals surface area contributed by atoms with Crippen molar-refractivity contribution in [1.82, 2.24) is 0 Å². The Hall–Kier alpha value is -1.88. The highest BCUT2D eigenvalue weighted by Crippen LogP contribution is 2.18. The Balaban J connectivity index is 3.09. The Bertz CT molecular complexity index is 446. The van der Waals surface area contributed by atoms with Gasteiger partial charge in [0, 0.05) is 5.69 Å². The number of hydrogen-bond donors (Lipinski definition) is 2. The molecule has 1 rings (SSSR count). The van der Waals surface area contributed by atoms with E-state index in [0.29, 0.717) is 5.69 Å². The molecule has 0 aromatic heterocycles. The molecule has 0 aliphatic carbocycles. The van der Waals surface area contributed by atoms with E-state index in [1.54, 1.807) is 26.0 Å². The maximum absolute atomic E-state index is 12.1. The maximum atomic E-state index is 12.1. The van der Waals surface area contributed by atoms with Gasteiger partial charge in [-0.2, -0.15) is 0 Å². The van der Waals surface area contributed by atoms with Crippen LogP contribution in [0.3, 0.4) is 0 Å². The van der Waals surface area contributed by atoms with Gasteiger partial charge in [0.2, 0.25) is 5.91 Å². The quantitative estimate of drug-likeness (QED) is 0.839. The molecular weight excluding hydrogens is 232 g/mol. The van der Waals surface area contributed by atoms with Gasteiger partial charge in [0.1, 0.15) is 6.54 Å². The number of carboxylic acid groups (broad SMARTS) is 1. The lowest BCUT2D eigenvalue weighted by Gasteiger charge is -2.28. The summed E-state index contributed by atoms with van der Waals surface area (Å²) in [4.78, 5) is 24.2. The third-order valence-corrected chi connectivity index (χ3v) is 2.44. The fourth-order valence-corrected chi connectivity index (χ4v) is 1.49. The van der Waals surface area contributed by atoms with E-state index in [1.165, 1.54) is 4.90 Å². The second kappa shape index (κ2) is 5.18. The molecule has 0 atom stereocenters. The number of carboxylic acids is 1. The SMILES string of the molecule is Cc1ccc(N(CC(=O)O)C(=O)C(C)(C)N)cc1. The first-order chi connectivity index (χ1) is 8.21. The lowest BCUT2D eigenvalue weighted by atomic mass is 10.0. The highest BCUT2D eigenvalue weighted by atomic mass is 16.4. The van der Waals surface area contributed by atoms with Crippen molar-refractivity contribution in [1.29, 1.82) is 0 Å². The van der Waals surface area contributed by atoms with E-state index in [9.17, 15) is 9.59 Å². The average Bonchev–Trinajstić information content (AvgIpc) is 2.25. The smallest absolute Gasteiger partial charge is 0.323 e. The molecule has 1 aromatic rings. The van der Waals surface area contributed by atoms with Crippen LogP contribution in [-0.2, 0) is 9.59 Å². The highest BCUT2D eigenvalue weighted by Gasteiger charge is 2.30. The molecule has 0 radical (unpaired) electrons. The standard InChI is InChI=1S/C13H18N2O3/c1-9-4-6-10(7-5-9)15(8-11(16)17)12(18)13(2,3)14/h4-7H,8,14H2,1-3H3,(H,16,17). The van der Waals surface area contributed by atoms with E-state index in [0.717, 1.165) is 5.56 Å². The average molecular weight is 250 g/mol. The van der Waals surface area contributed by atoms with Crippen molar-refractivity contribution in [3.63, 3.8) is 0 Å². The fraction of sp³-hybridized carbons (Fsp3) is 0.385. The van der Waals surface area contributed by atoms with Crippen LogP contribution in [0.4, 0.5) is 5.69 Å². The first kappa shape index (κ1) is 14.2. The van der Waals surface area contributed by atoms with Gasteiger partial charge in [-0.3, -0.25) is 14.5 Å². The number of aryl methyl sites for hydroxylation is 1. The molecule has 3 N–H and O–H groups in total. The van der Waals surface area contributed by atoms with Crippen molar-refractivity contribution >= 4 is 17.6 Å². The summed E-state index contributed by atoms with van der Waals surface area (Å²) in [7, 11) is 0. The van der Waals surface area contributed by atoms with Crippen LogP contribution in [0.1, 0.15) is 19.4 Å². The minimum absolute atomic E-state index is 0.400. The summed E-state index contributed by atoms with van der Waals surface area (Å²) >= 11 is 0. The van der Waals surface area contributed by atoms with Crippen molar-refractivity contribution in [2.75, 3.05) is 11.4 Å². The van der Waals surface area contributed by atoms with Gasteiger partial charge in [-0.25, -0.2) is 0 Å². The Kier molecular flexibility index (Phi) is 4.08. The van der Waals surface area contributed by atoms with Crippen LogP contribution >= 0.6 is 0 Å². The summed E-state index contributed by atoms with van der Waals surface area (Å²) in [5, 5.41) is 8.88. The zero-order chi connectivity index (χ0) is 13.9. The van der Waals surface area contributed by atoms with Crippen LogP contribution in [-0.4, -0.2) is 29.1 Å². The number of nitrogens with zero attached hydrogens (tertiary/aromatic N) is 1. The molecule has 0 saturated carbocycles. The molecule has 98 valence electrons. The minimum Gasteiger partial charge on any atom is -0.480 e. The number of benzene rings is 1. The van der Waals surface area contributed by atoms with Crippen LogP contribution in [0.2, 0.25) is 0 Å². The normalized spacial score (nSPS) is 11.1. The molecule has 1 aromatic carbocycles. The molecular formula is C13H18N2O3. The lowest BCUT2D eigenvalue weighted by molar-refractivity contribution is -0.137. The molecule has 0 aliphatic heterocycles. The topological polar surface area (TPSA) is 83.6 Å². The number of hydrogen-bond acceptors (Lipinski definition) is 3. The molecule has 18 heavy (non-hydrogen) atoms. The summed E-state index contributed by atoms with van der Waals surface area (Å²) < 4.78 is 0. The Labute approximate surface area is 106 Å². The highest BCUT2D eigenvalue weighted by molar-refractivity contribution is 6.02. The lowest BCUT2D eigenvalue weighted by Crippen LogP contribution is -2.52. The van der Waals surface area contributed by atoms with Crippen LogP contribution in [0.5, 0.6) is 0 Å². The third kappa shape index (κ3) is 3.56. The zero-order valence-corrected chi connectivity index (χ0v) is 10.8. The van der Waals surface area contributed by atoms with Crippen molar-refractivity contribution in [3.05, 3.63) is 29.8 Å². The summed E-state index contributed by atoms with van der Waals surface area (Å²) in [6.07, 6.45) is 0. The van der Waals surface area contributed by atoms with Crippen LogP contribution in [0.15, 0.2) is 24.3 Å². The largest absolute Gasteiger partial charge is 0.480 e. The van der Waals surface area contributed by atoms with Crippen LogP contribution < -0.4 is 10.6 Å². The van der Waals surface area contributed by atoms with Gasteiger partial charge in [-0.05, 0) is 32.9 Å². The fourth-order valence-electron chi connectivity index (χ4n) is 1.49. The molecule has 1 amide bonds. The number of nitrogens with two attached hydrogens (primary N) is 1. The van der Waals surface area contributed by atoms with Gasteiger partial charge in [-0.1, -0.05) is 17.7 Å². The van der Waals surface area contributed by atoms with Crippen molar-refractivity contribution in [3.8, 4) is 0 Å². The Morgan fingerprint density at radius 2 is 1.78 bits per heavy atom. The van der Waals surface area contributed by atoms with E-state index >= 15 is 0 Å². The zero-order valence-electron chi connectivity index (χ0n) is 10.8. The molecule has 0 spiro atoms. The van der Waals surface area contributed by atoms with E-state index in [-0.39, 0.29) is 0 Å². The Morgan fingerprint density at radius 3 is 2.17 bits per heavy atom. The minimum atomic E-state index is -1.11. The summed E-state index contributed by atoms with van der Waals surface area (Å²) in [6, 6.07) is 7.06. The predicted octanol–water partition coefficient (Wildman–Crippen LogP) is 1.15. The van der Waals surface area contributed by atoms with Crippen LogP contribution in [0, 0.1) is 6.92 Å². The predicted molar refractivity (Wildman–Crippen MR) is 69.4 cm³/mol. The van der Waals surface area contributed by atoms with E-state index in [4.69, 9.17) is 10.8 Å². The monoisotopic (exact) mass is 250 g/mol. The molecule has 0 aliphatic rings. The maximum Gasteiger partial charge on any atom is 0.323 e. The van der Waals surface area contributed by atoms with Crippen molar-refractivity contribution < 1.29 is 14.7 Å². The molecule has 0 saturated heterocycles. The number of amides is 1. The second-order valence-corrected chi connectivity index (χ2v) is 4.84. The molecule has 0 unspecified atom stereocenters. The van der Waals surface area contributed by atoms with Gasteiger partial charge in [-0.15, -0.1) is 0 Å². The second-order valence-electron chi connectivity index (χ2n) is 4.84. The first-order valence-corrected chi connectivity index (χ1v) is 5.61. The number of rotatable bonds is 4.